The van der Waals surface area contributed by atoms with Crippen molar-refractivity contribution in [2.24, 2.45) is 0 Å². The predicted molar refractivity (Wildman–Crippen MR) is 83.6 cm³/mol. The van der Waals surface area contributed by atoms with Gasteiger partial charge in [0.1, 0.15) is 17.4 Å². The van der Waals surface area contributed by atoms with Crippen LogP contribution >= 0.6 is 11.6 Å². The number of likely N-dealkylation sites (N-methyl/N-ethyl adjacent to an activating group) is 1. The van der Waals surface area contributed by atoms with Crippen molar-refractivity contribution in [1.82, 2.24) is 9.80 Å². The van der Waals surface area contributed by atoms with Gasteiger partial charge in [0.2, 0.25) is 5.91 Å². The second kappa shape index (κ2) is 5.81. The van der Waals surface area contributed by atoms with Gasteiger partial charge in [0, 0.05) is 7.05 Å². The number of nitrogens with one attached hydrogen (secondary N) is 1. The van der Waals surface area contributed by atoms with Gasteiger partial charge in [-0.1, -0.05) is 11.6 Å². The summed E-state index contributed by atoms with van der Waals surface area (Å²) in [4.78, 5) is 39.1. The minimum Gasteiger partial charge on any atom is -0.323 e. The van der Waals surface area contributed by atoms with Gasteiger partial charge in [-0.3, -0.25) is 9.59 Å². The molecular weight excluding hydrogens is 325 g/mol. The van der Waals surface area contributed by atoms with E-state index in [2.05, 4.69) is 5.32 Å². The first-order chi connectivity index (χ1) is 10.6. The van der Waals surface area contributed by atoms with Crippen molar-refractivity contribution in [3.63, 3.8) is 0 Å². The highest BCUT2D eigenvalue weighted by atomic mass is 35.5. The van der Waals surface area contributed by atoms with Gasteiger partial charge in [-0.25, -0.2) is 14.1 Å². The lowest BCUT2D eigenvalue weighted by atomic mass is 10.0. The van der Waals surface area contributed by atoms with E-state index < -0.39 is 35.2 Å². The Morgan fingerprint density at radius 1 is 1.35 bits per heavy atom. The molecule has 1 fully saturated rings. The number of hydrogen-bond donors (Lipinski definition) is 1. The molecule has 23 heavy (non-hydrogen) atoms. The maximum Gasteiger partial charge on any atom is 0.328 e. The van der Waals surface area contributed by atoms with Crippen LogP contribution in [-0.2, 0) is 9.59 Å². The Bertz CT molecular complexity index is 693. The van der Waals surface area contributed by atoms with Gasteiger partial charge in [0.15, 0.2) is 0 Å². The molecule has 1 saturated heterocycles. The number of anilines is 1. The lowest BCUT2D eigenvalue weighted by Crippen LogP contribution is -2.47. The van der Waals surface area contributed by atoms with E-state index >= 15 is 0 Å². The maximum atomic E-state index is 13.0. The summed E-state index contributed by atoms with van der Waals surface area (Å²) < 4.78 is 13.0. The van der Waals surface area contributed by atoms with Crippen molar-refractivity contribution < 1.29 is 18.8 Å². The summed E-state index contributed by atoms with van der Waals surface area (Å²) in [6.45, 7) is 4.65. The van der Waals surface area contributed by atoms with Crippen LogP contribution in [0.3, 0.4) is 0 Å². The van der Waals surface area contributed by atoms with Crippen LogP contribution in [0.2, 0.25) is 5.02 Å². The van der Waals surface area contributed by atoms with Crippen LogP contribution in [0, 0.1) is 5.82 Å². The molecule has 4 amide bonds. The number of nitrogens with zero attached hydrogens (tertiary/aromatic N) is 2. The number of benzene rings is 1. The zero-order chi connectivity index (χ0) is 17.5. The number of hydrogen-bond acceptors (Lipinski definition) is 3. The molecular formula is C15H17ClFN3O3. The van der Waals surface area contributed by atoms with E-state index in [1.807, 2.05) is 0 Å². The Balaban J connectivity index is 2.20. The second-order valence-corrected chi connectivity index (χ2v) is 6.27. The van der Waals surface area contributed by atoms with Crippen LogP contribution < -0.4 is 5.32 Å². The summed E-state index contributed by atoms with van der Waals surface area (Å²) in [6, 6.07) is 1.94. The second-order valence-electron chi connectivity index (χ2n) is 5.87. The maximum absolute atomic E-state index is 13.0. The molecule has 8 heteroatoms. The van der Waals surface area contributed by atoms with Crippen LogP contribution in [-0.4, -0.2) is 46.3 Å². The summed E-state index contributed by atoms with van der Waals surface area (Å²) in [5.41, 5.74) is -0.810. The quantitative estimate of drug-likeness (QED) is 0.859. The summed E-state index contributed by atoms with van der Waals surface area (Å²) in [6.07, 6.45) is 0. The van der Waals surface area contributed by atoms with E-state index in [1.165, 1.54) is 24.9 Å². The standard InChI is InChI=1S/C15H17ClFN3O3/c1-8(20-13(22)15(2,3)19(4)14(20)23)12(21)18-11-6-5-9(17)7-10(11)16/h5-8H,1-4H3,(H,18,21)/t8-/m1/s1. The third kappa shape index (κ3) is 2.88. The van der Waals surface area contributed by atoms with E-state index in [4.69, 9.17) is 11.6 Å². The topological polar surface area (TPSA) is 69.7 Å². The van der Waals surface area contributed by atoms with Crippen molar-refractivity contribution in [2.75, 3.05) is 12.4 Å². The largest absolute Gasteiger partial charge is 0.328 e. The Morgan fingerprint density at radius 3 is 2.43 bits per heavy atom. The van der Waals surface area contributed by atoms with Crippen LogP contribution in [0.15, 0.2) is 18.2 Å². The van der Waals surface area contributed by atoms with Crippen molar-refractivity contribution in [1.29, 1.82) is 0 Å². The normalized spacial score (nSPS) is 18.3. The Morgan fingerprint density at radius 2 is 1.96 bits per heavy atom. The van der Waals surface area contributed by atoms with Crippen molar-refractivity contribution >= 4 is 35.1 Å². The molecule has 0 aromatic heterocycles. The molecule has 0 radical (unpaired) electrons. The number of halogens is 2. The van der Waals surface area contributed by atoms with Gasteiger partial charge >= 0.3 is 6.03 Å². The molecule has 124 valence electrons. The third-order valence-electron chi connectivity index (χ3n) is 4.03. The molecule has 1 aliphatic heterocycles. The molecule has 0 bridgehead atoms. The predicted octanol–water partition coefficient (Wildman–Crippen LogP) is 2.48. The molecule has 0 aliphatic carbocycles. The Labute approximate surface area is 138 Å². The van der Waals surface area contributed by atoms with Gasteiger partial charge in [-0.05, 0) is 39.0 Å². The summed E-state index contributed by atoms with van der Waals surface area (Å²) in [7, 11) is 1.50. The summed E-state index contributed by atoms with van der Waals surface area (Å²) >= 11 is 5.85. The first kappa shape index (κ1) is 17.2. The molecule has 1 aromatic carbocycles. The number of amides is 4. The first-order valence-electron chi connectivity index (χ1n) is 6.94. The lowest BCUT2D eigenvalue weighted by molar-refractivity contribution is -0.136. The zero-order valence-corrected chi connectivity index (χ0v) is 13.9. The molecule has 1 atom stereocenters. The fourth-order valence-electron chi connectivity index (χ4n) is 2.21. The first-order valence-corrected chi connectivity index (χ1v) is 7.32. The van der Waals surface area contributed by atoms with E-state index in [-0.39, 0.29) is 10.7 Å². The molecule has 6 nitrogen and oxygen atoms in total. The number of carbonyl (C=O) groups excluding carboxylic acids is 3. The van der Waals surface area contributed by atoms with Gasteiger partial charge < -0.3 is 10.2 Å². The zero-order valence-electron chi connectivity index (χ0n) is 13.2. The SMILES string of the molecule is C[C@H](C(=O)Nc1ccc(F)cc1Cl)N1C(=O)N(C)C(C)(C)C1=O. The van der Waals surface area contributed by atoms with Crippen molar-refractivity contribution in [2.45, 2.75) is 32.4 Å². The van der Waals surface area contributed by atoms with Crippen LogP contribution in [0.1, 0.15) is 20.8 Å². The molecule has 2 rings (SSSR count). The van der Waals surface area contributed by atoms with Crippen molar-refractivity contribution in [3.8, 4) is 0 Å². The van der Waals surface area contributed by atoms with E-state index in [9.17, 15) is 18.8 Å². The van der Waals surface area contributed by atoms with Crippen LogP contribution in [0.4, 0.5) is 14.9 Å². The molecule has 1 heterocycles. The van der Waals surface area contributed by atoms with Gasteiger partial charge in [0.05, 0.1) is 10.7 Å². The molecule has 0 unspecified atom stereocenters. The summed E-state index contributed by atoms with van der Waals surface area (Å²) in [5.74, 6) is -1.58. The third-order valence-corrected chi connectivity index (χ3v) is 4.34. The Kier molecular flexibility index (Phi) is 4.34. The highest BCUT2D eigenvalue weighted by Gasteiger charge is 2.52. The monoisotopic (exact) mass is 341 g/mol. The number of carbonyl (C=O) groups is 3. The molecule has 1 aliphatic rings. The minimum atomic E-state index is -1.03. The van der Waals surface area contributed by atoms with Crippen LogP contribution in [0.5, 0.6) is 0 Å². The van der Waals surface area contributed by atoms with Crippen molar-refractivity contribution in [3.05, 3.63) is 29.0 Å². The van der Waals surface area contributed by atoms with Crippen LogP contribution in [0.25, 0.3) is 0 Å². The van der Waals surface area contributed by atoms with Gasteiger partial charge in [-0.15, -0.1) is 0 Å². The highest BCUT2D eigenvalue weighted by Crippen LogP contribution is 2.28. The fourth-order valence-corrected chi connectivity index (χ4v) is 2.43. The Hall–Kier alpha value is -2.15. The average Bonchev–Trinajstić information content (AvgIpc) is 2.62. The fraction of sp³-hybridized carbons (Fsp3) is 0.400. The van der Waals surface area contributed by atoms with E-state index in [0.717, 1.165) is 17.0 Å². The molecule has 0 spiro atoms. The average molecular weight is 342 g/mol. The summed E-state index contributed by atoms with van der Waals surface area (Å²) in [5, 5.41) is 2.52. The number of imide groups is 1. The van der Waals surface area contributed by atoms with Gasteiger partial charge in [0.25, 0.3) is 5.91 Å². The number of rotatable bonds is 3. The minimum absolute atomic E-state index is 0.0297. The van der Waals surface area contributed by atoms with E-state index in [1.54, 1.807) is 13.8 Å². The molecule has 1 aromatic rings. The molecule has 0 saturated carbocycles. The number of urea groups is 1. The molecule has 1 N–H and O–H groups in total. The lowest BCUT2D eigenvalue weighted by Gasteiger charge is -2.23. The highest BCUT2D eigenvalue weighted by molar-refractivity contribution is 6.33. The van der Waals surface area contributed by atoms with Gasteiger partial charge in [-0.2, -0.15) is 0 Å². The van der Waals surface area contributed by atoms with E-state index in [0.29, 0.717) is 0 Å². The smallest absolute Gasteiger partial charge is 0.323 e.